The van der Waals surface area contributed by atoms with Gasteiger partial charge >= 0.3 is 5.97 Å². The average molecular weight is 388 g/mol. The number of benzene rings is 2. The van der Waals surface area contributed by atoms with Gasteiger partial charge < -0.3 is 19.5 Å². The lowest BCUT2D eigenvalue weighted by Gasteiger charge is -2.14. The van der Waals surface area contributed by atoms with Gasteiger partial charge in [0, 0.05) is 23.4 Å². The van der Waals surface area contributed by atoms with Gasteiger partial charge in [0.1, 0.15) is 5.56 Å². The molecule has 0 aromatic heterocycles. The molecule has 0 aliphatic heterocycles. The number of amides is 1. The van der Waals surface area contributed by atoms with E-state index >= 15 is 0 Å². The topological polar surface area (TPSA) is 134 Å². The van der Waals surface area contributed by atoms with Gasteiger partial charge in [-0.25, -0.2) is 4.79 Å². The fourth-order valence-corrected chi connectivity index (χ4v) is 2.32. The number of anilines is 1. The van der Waals surface area contributed by atoms with E-state index in [-0.39, 0.29) is 28.3 Å². The summed E-state index contributed by atoms with van der Waals surface area (Å²) in [7, 11) is 2.66. The van der Waals surface area contributed by atoms with Crippen molar-refractivity contribution >= 4 is 29.5 Å². The normalized spacial score (nSPS) is 9.93. The van der Waals surface area contributed by atoms with Gasteiger partial charge in [-0.05, 0) is 24.3 Å². The molecule has 1 N–H and O–H groups in total. The Labute approximate surface area is 159 Å². The number of carbonyl (C=O) groups is 3. The van der Waals surface area contributed by atoms with Crippen molar-refractivity contribution in [3.63, 3.8) is 0 Å². The van der Waals surface area contributed by atoms with E-state index in [9.17, 15) is 24.5 Å². The smallest absolute Gasteiger partial charge is 0.343 e. The van der Waals surface area contributed by atoms with Crippen LogP contribution >= 0.6 is 0 Å². The van der Waals surface area contributed by atoms with Crippen molar-refractivity contribution in [2.24, 2.45) is 0 Å². The SMILES string of the molecule is COc1ccc(C=O)c(C(=O)OCC(=O)Nc2ccc([N+](=O)[O-])cc2)c1OC. The minimum Gasteiger partial charge on any atom is -0.493 e. The Hall–Kier alpha value is -3.95. The van der Waals surface area contributed by atoms with Crippen LogP contribution in [-0.2, 0) is 9.53 Å². The minimum atomic E-state index is -0.948. The number of carbonyl (C=O) groups excluding carboxylic acids is 3. The lowest BCUT2D eigenvalue weighted by molar-refractivity contribution is -0.384. The van der Waals surface area contributed by atoms with E-state index in [2.05, 4.69) is 5.32 Å². The van der Waals surface area contributed by atoms with E-state index in [1.165, 1.54) is 50.6 Å². The monoisotopic (exact) mass is 388 g/mol. The van der Waals surface area contributed by atoms with E-state index in [0.717, 1.165) is 0 Å². The average Bonchev–Trinajstić information content (AvgIpc) is 2.71. The number of hydrogen-bond acceptors (Lipinski definition) is 8. The Morgan fingerprint density at radius 2 is 1.79 bits per heavy atom. The maximum atomic E-state index is 12.4. The predicted molar refractivity (Wildman–Crippen MR) is 96.9 cm³/mol. The second-order valence-corrected chi connectivity index (χ2v) is 5.31. The summed E-state index contributed by atoms with van der Waals surface area (Å²) >= 11 is 0. The highest BCUT2D eigenvalue weighted by Crippen LogP contribution is 2.33. The van der Waals surface area contributed by atoms with Crippen LogP contribution in [0.4, 0.5) is 11.4 Å². The van der Waals surface area contributed by atoms with Crippen molar-refractivity contribution in [3.8, 4) is 11.5 Å². The number of aldehydes is 1. The number of nitrogens with one attached hydrogen (secondary N) is 1. The van der Waals surface area contributed by atoms with Crippen molar-refractivity contribution < 1.29 is 33.5 Å². The zero-order valence-electron chi connectivity index (χ0n) is 15.0. The third-order valence-corrected chi connectivity index (χ3v) is 3.61. The summed E-state index contributed by atoms with van der Waals surface area (Å²) in [5.41, 5.74) is 0.00791. The van der Waals surface area contributed by atoms with Crippen LogP contribution in [0.25, 0.3) is 0 Å². The Balaban J connectivity index is 2.08. The van der Waals surface area contributed by atoms with Crippen molar-refractivity contribution in [2.75, 3.05) is 26.1 Å². The molecule has 1 amide bonds. The van der Waals surface area contributed by atoms with Crippen molar-refractivity contribution in [2.45, 2.75) is 0 Å². The number of nitro benzene ring substituents is 1. The lowest BCUT2D eigenvalue weighted by atomic mass is 10.1. The summed E-state index contributed by atoms with van der Waals surface area (Å²) in [6, 6.07) is 7.95. The molecule has 0 radical (unpaired) electrons. The summed E-state index contributed by atoms with van der Waals surface area (Å²) < 4.78 is 15.2. The molecule has 0 bridgehead atoms. The standard InChI is InChI=1S/C18H16N2O8/c1-26-14-8-3-11(9-21)16(17(14)27-2)18(23)28-10-15(22)19-12-4-6-13(7-5-12)20(24)25/h3-9H,10H2,1-2H3,(H,19,22). The second-order valence-electron chi connectivity index (χ2n) is 5.31. The molecule has 0 saturated heterocycles. The molecule has 10 heteroatoms. The van der Waals surface area contributed by atoms with Gasteiger partial charge in [0.15, 0.2) is 24.4 Å². The maximum absolute atomic E-state index is 12.4. The van der Waals surface area contributed by atoms with Crippen molar-refractivity contribution in [1.29, 1.82) is 0 Å². The zero-order chi connectivity index (χ0) is 20.7. The molecule has 28 heavy (non-hydrogen) atoms. The third-order valence-electron chi connectivity index (χ3n) is 3.61. The summed E-state index contributed by atoms with van der Waals surface area (Å²) in [5.74, 6) is -1.39. The van der Waals surface area contributed by atoms with E-state index in [0.29, 0.717) is 12.0 Å². The minimum absolute atomic E-state index is 0.00729. The summed E-state index contributed by atoms with van der Waals surface area (Å²) in [6.45, 7) is -0.644. The first-order valence-electron chi connectivity index (χ1n) is 7.82. The van der Waals surface area contributed by atoms with Crippen LogP contribution in [-0.4, -0.2) is 43.9 Å². The van der Waals surface area contributed by atoms with Gasteiger partial charge in [0.25, 0.3) is 11.6 Å². The van der Waals surface area contributed by atoms with E-state index in [4.69, 9.17) is 14.2 Å². The van der Waals surface area contributed by atoms with Crippen molar-refractivity contribution in [1.82, 2.24) is 0 Å². The number of nitro groups is 1. The molecule has 0 unspecified atom stereocenters. The number of methoxy groups -OCH3 is 2. The molecule has 0 saturated carbocycles. The molecule has 0 spiro atoms. The molecule has 2 aromatic carbocycles. The molecule has 2 aromatic rings. The Kier molecular flexibility index (Phi) is 6.63. The Bertz CT molecular complexity index is 909. The number of rotatable bonds is 8. The van der Waals surface area contributed by atoms with E-state index in [1.54, 1.807) is 0 Å². The van der Waals surface area contributed by atoms with Gasteiger partial charge in [-0.2, -0.15) is 0 Å². The number of ether oxygens (including phenoxy) is 3. The van der Waals surface area contributed by atoms with E-state index in [1.807, 2.05) is 0 Å². The molecular formula is C18H16N2O8. The predicted octanol–water partition coefficient (Wildman–Crippen LogP) is 2.22. The van der Waals surface area contributed by atoms with Crippen LogP contribution in [0.2, 0.25) is 0 Å². The highest BCUT2D eigenvalue weighted by atomic mass is 16.6. The quantitative estimate of drug-likeness (QED) is 0.315. The third kappa shape index (κ3) is 4.61. The van der Waals surface area contributed by atoms with Crippen LogP contribution in [0.1, 0.15) is 20.7 Å². The lowest BCUT2D eigenvalue weighted by Crippen LogP contribution is -2.21. The summed E-state index contributed by atoms with van der Waals surface area (Å²) in [5, 5.41) is 13.0. The summed E-state index contributed by atoms with van der Waals surface area (Å²) in [6.07, 6.45) is 0.454. The summed E-state index contributed by atoms with van der Waals surface area (Å²) in [4.78, 5) is 45.6. The largest absolute Gasteiger partial charge is 0.493 e. The molecule has 0 fully saturated rings. The highest BCUT2D eigenvalue weighted by molar-refractivity contribution is 6.03. The van der Waals surface area contributed by atoms with Crippen LogP contribution in [0.3, 0.4) is 0 Å². The first-order valence-corrected chi connectivity index (χ1v) is 7.82. The number of non-ortho nitro benzene ring substituents is 1. The fraction of sp³-hybridized carbons (Fsp3) is 0.167. The number of hydrogen-bond donors (Lipinski definition) is 1. The second kappa shape index (κ2) is 9.12. The maximum Gasteiger partial charge on any atom is 0.343 e. The molecule has 10 nitrogen and oxygen atoms in total. The van der Waals surface area contributed by atoms with Gasteiger partial charge in [-0.1, -0.05) is 0 Å². The van der Waals surface area contributed by atoms with Crippen LogP contribution in [0.15, 0.2) is 36.4 Å². The molecule has 0 aliphatic rings. The first-order chi connectivity index (χ1) is 13.4. The van der Waals surface area contributed by atoms with Crippen LogP contribution < -0.4 is 14.8 Å². The van der Waals surface area contributed by atoms with Crippen LogP contribution in [0, 0.1) is 10.1 Å². The highest BCUT2D eigenvalue weighted by Gasteiger charge is 2.23. The molecule has 2 rings (SSSR count). The molecular weight excluding hydrogens is 372 g/mol. The van der Waals surface area contributed by atoms with Crippen LogP contribution in [0.5, 0.6) is 11.5 Å². The first kappa shape index (κ1) is 20.4. The van der Waals surface area contributed by atoms with Gasteiger partial charge in [0.2, 0.25) is 0 Å². The number of nitrogens with zero attached hydrogens (tertiary/aromatic N) is 1. The fourth-order valence-electron chi connectivity index (χ4n) is 2.32. The number of esters is 1. The van der Waals surface area contributed by atoms with Gasteiger partial charge in [-0.3, -0.25) is 19.7 Å². The zero-order valence-corrected chi connectivity index (χ0v) is 15.0. The Morgan fingerprint density at radius 1 is 1.11 bits per heavy atom. The molecule has 0 atom stereocenters. The van der Waals surface area contributed by atoms with Gasteiger partial charge in [-0.15, -0.1) is 0 Å². The van der Waals surface area contributed by atoms with Gasteiger partial charge in [0.05, 0.1) is 19.1 Å². The molecule has 0 aliphatic carbocycles. The van der Waals surface area contributed by atoms with Crippen molar-refractivity contribution in [3.05, 3.63) is 57.6 Å². The Morgan fingerprint density at radius 3 is 2.32 bits per heavy atom. The molecule has 0 heterocycles. The van der Waals surface area contributed by atoms with E-state index < -0.39 is 23.4 Å². The molecule has 146 valence electrons.